The Morgan fingerprint density at radius 1 is 1.18 bits per heavy atom. The number of rotatable bonds is 4. The van der Waals surface area contributed by atoms with Gasteiger partial charge < -0.3 is 5.32 Å². The second-order valence-corrected chi connectivity index (χ2v) is 6.76. The highest BCUT2D eigenvalue weighted by molar-refractivity contribution is 6.04. The van der Waals surface area contributed by atoms with Gasteiger partial charge in [-0.25, -0.2) is 4.98 Å². The van der Waals surface area contributed by atoms with Crippen molar-refractivity contribution in [3.8, 4) is 11.3 Å². The number of carbonyl (C=O) groups excluding carboxylic acids is 1. The molecule has 2 aromatic heterocycles. The van der Waals surface area contributed by atoms with Crippen LogP contribution in [0.4, 0.5) is 19.0 Å². The highest BCUT2D eigenvalue weighted by atomic mass is 19.4. The van der Waals surface area contributed by atoms with Crippen LogP contribution in [0, 0.1) is 0 Å². The summed E-state index contributed by atoms with van der Waals surface area (Å²) in [5.74, 6) is -0.235. The van der Waals surface area contributed by atoms with E-state index in [2.05, 4.69) is 15.4 Å². The highest BCUT2D eigenvalue weighted by Gasteiger charge is 2.42. The lowest BCUT2D eigenvalue weighted by Gasteiger charge is -2.11. The van der Waals surface area contributed by atoms with Crippen LogP contribution in [0.5, 0.6) is 0 Å². The molecule has 1 saturated carbocycles. The van der Waals surface area contributed by atoms with Crippen LogP contribution in [0.15, 0.2) is 48.7 Å². The number of alkyl halides is 3. The summed E-state index contributed by atoms with van der Waals surface area (Å²) >= 11 is 0. The number of nitrogens with zero attached hydrogens (tertiary/aromatic N) is 3. The first-order valence-corrected chi connectivity index (χ1v) is 8.81. The van der Waals surface area contributed by atoms with Crippen LogP contribution in [-0.4, -0.2) is 20.7 Å². The number of hydrogen-bond acceptors (Lipinski definition) is 3. The Hall–Kier alpha value is -3.16. The summed E-state index contributed by atoms with van der Waals surface area (Å²) in [4.78, 5) is 16.8. The zero-order chi connectivity index (χ0) is 19.9. The normalized spacial score (nSPS) is 14.1. The number of halogens is 3. The highest BCUT2D eigenvalue weighted by Crippen LogP contribution is 2.41. The number of amides is 1. The van der Waals surface area contributed by atoms with E-state index in [0.717, 1.165) is 23.1 Å². The van der Waals surface area contributed by atoms with Gasteiger partial charge in [-0.05, 0) is 36.5 Å². The number of carbonyl (C=O) groups is 1. The Morgan fingerprint density at radius 3 is 2.54 bits per heavy atom. The van der Waals surface area contributed by atoms with Crippen LogP contribution in [0.3, 0.4) is 0 Å². The third kappa shape index (κ3) is 3.49. The Morgan fingerprint density at radius 2 is 1.89 bits per heavy atom. The van der Waals surface area contributed by atoms with E-state index in [1.165, 1.54) is 19.2 Å². The van der Waals surface area contributed by atoms with E-state index in [1.54, 1.807) is 30.5 Å². The molecule has 5 nitrogen and oxygen atoms in total. The predicted molar refractivity (Wildman–Crippen MR) is 97.8 cm³/mol. The van der Waals surface area contributed by atoms with Crippen LogP contribution >= 0.6 is 0 Å². The monoisotopic (exact) mass is 386 g/mol. The Balaban J connectivity index is 1.73. The van der Waals surface area contributed by atoms with Crippen molar-refractivity contribution in [2.45, 2.75) is 24.9 Å². The first kappa shape index (κ1) is 18.2. The number of aromatic nitrogens is 3. The molecule has 0 aliphatic heterocycles. The largest absolute Gasteiger partial charge is 0.420 e. The van der Waals surface area contributed by atoms with Crippen molar-refractivity contribution in [1.82, 2.24) is 14.8 Å². The van der Waals surface area contributed by atoms with Crippen molar-refractivity contribution in [2.75, 3.05) is 5.32 Å². The molecule has 1 fully saturated rings. The van der Waals surface area contributed by atoms with Gasteiger partial charge in [0.05, 0.1) is 0 Å². The molecule has 144 valence electrons. The van der Waals surface area contributed by atoms with E-state index in [-0.39, 0.29) is 11.5 Å². The van der Waals surface area contributed by atoms with E-state index >= 15 is 0 Å². The van der Waals surface area contributed by atoms with Gasteiger partial charge in [0, 0.05) is 18.8 Å². The van der Waals surface area contributed by atoms with E-state index in [1.807, 2.05) is 6.07 Å². The maximum Gasteiger partial charge on any atom is 0.420 e. The molecule has 8 heteroatoms. The van der Waals surface area contributed by atoms with Gasteiger partial charge in [-0.1, -0.05) is 30.3 Å². The lowest BCUT2D eigenvalue weighted by atomic mass is 10.0. The molecule has 1 aliphatic carbocycles. The fraction of sp³-hybridized carbons (Fsp3) is 0.250. The van der Waals surface area contributed by atoms with Crippen LogP contribution in [0.25, 0.3) is 11.3 Å². The fourth-order valence-corrected chi connectivity index (χ4v) is 3.21. The molecule has 0 unspecified atom stereocenters. The summed E-state index contributed by atoms with van der Waals surface area (Å²) in [6.45, 7) is 0. The molecular weight excluding hydrogens is 369 g/mol. The van der Waals surface area contributed by atoms with Gasteiger partial charge in [-0.2, -0.15) is 18.3 Å². The van der Waals surface area contributed by atoms with Crippen LogP contribution < -0.4 is 5.32 Å². The summed E-state index contributed by atoms with van der Waals surface area (Å²) in [6, 6.07) is 11.6. The van der Waals surface area contributed by atoms with Crippen molar-refractivity contribution >= 4 is 11.7 Å². The van der Waals surface area contributed by atoms with Gasteiger partial charge >= 0.3 is 6.18 Å². The van der Waals surface area contributed by atoms with E-state index < -0.39 is 23.3 Å². The van der Waals surface area contributed by atoms with Crippen LogP contribution in [0.1, 0.15) is 40.4 Å². The average Bonchev–Trinajstić information content (AvgIpc) is 3.44. The average molecular weight is 386 g/mol. The maximum absolute atomic E-state index is 13.8. The molecule has 1 amide bonds. The standard InChI is InChI=1S/C20H17F3N4O/c1-27-18(19(28)25-15-11-14(9-10-24-15)12-7-8-12)16(20(21,22)23)17(26-27)13-5-3-2-4-6-13/h2-6,9-12H,7-8H2,1H3,(H,24,25,28). The van der Waals surface area contributed by atoms with E-state index in [4.69, 9.17) is 0 Å². The van der Waals surface area contributed by atoms with Gasteiger partial charge in [0.15, 0.2) is 0 Å². The molecule has 0 atom stereocenters. The number of pyridine rings is 1. The Bertz CT molecular complexity index is 1020. The zero-order valence-corrected chi connectivity index (χ0v) is 15.0. The number of hydrogen-bond donors (Lipinski definition) is 1. The van der Waals surface area contributed by atoms with Gasteiger partial charge in [0.25, 0.3) is 5.91 Å². The fourth-order valence-electron chi connectivity index (χ4n) is 3.21. The molecule has 0 saturated heterocycles. The van der Waals surface area contributed by atoms with Crippen LogP contribution in [0.2, 0.25) is 0 Å². The molecular formula is C20H17F3N4O. The topological polar surface area (TPSA) is 59.8 Å². The molecule has 2 heterocycles. The first-order valence-electron chi connectivity index (χ1n) is 8.81. The zero-order valence-electron chi connectivity index (χ0n) is 15.0. The smallest absolute Gasteiger partial charge is 0.305 e. The minimum Gasteiger partial charge on any atom is -0.305 e. The van der Waals surface area contributed by atoms with Crippen LogP contribution in [-0.2, 0) is 13.2 Å². The van der Waals surface area contributed by atoms with Gasteiger partial charge in [-0.3, -0.25) is 9.48 Å². The molecule has 1 aliphatic rings. The molecule has 3 aromatic rings. The maximum atomic E-state index is 13.8. The van der Waals surface area contributed by atoms with Crippen molar-refractivity contribution < 1.29 is 18.0 Å². The van der Waals surface area contributed by atoms with Crippen molar-refractivity contribution in [3.63, 3.8) is 0 Å². The number of aryl methyl sites for hydroxylation is 1. The lowest BCUT2D eigenvalue weighted by molar-refractivity contribution is -0.137. The summed E-state index contributed by atoms with van der Waals surface area (Å²) < 4.78 is 42.5. The molecule has 0 radical (unpaired) electrons. The minimum absolute atomic E-state index is 0.227. The second kappa shape index (κ2) is 6.78. The molecule has 0 spiro atoms. The predicted octanol–water partition coefficient (Wildman–Crippen LogP) is 4.63. The van der Waals surface area contributed by atoms with Crippen molar-refractivity contribution in [2.24, 2.45) is 7.05 Å². The summed E-state index contributed by atoms with van der Waals surface area (Å²) in [6.07, 6.45) is -1.06. The summed E-state index contributed by atoms with van der Waals surface area (Å²) in [5, 5.41) is 6.47. The molecule has 28 heavy (non-hydrogen) atoms. The third-order valence-corrected chi connectivity index (χ3v) is 4.67. The minimum atomic E-state index is -4.74. The van der Waals surface area contributed by atoms with Gasteiger partial charge in [0.2, 0.25) is 0 Å². The number of anilines is 1. The Kier molecular flexibility index (Phi) is 4.41. The van der Waals surface area contributed by atoms with E-state index in [9.17, 15) is 18.0 Å². The summed E-state index contributed by atoms with van der Waals surface area (Å²) in [7, 11) is 1.32. The van der Waals surface area contributed by atoms with E-state index in [0.29, 0.717) is 11.5 Å². The molecule has 1 aromatic carbocycles. The molecule has 4 rings (SSSR count). The second-order valence-electron chi connectivity index (χ2n) is 6.76. The quantitative estimate of drug-likeness (QED) is 0.711. The molecule has 0 bridgehead atoms. The SMILES string of the molecule is Cn1nc(-c2ccccc2)c(C(F)(F)F)c1C(=O)Nc1cc(C2CC2)ccn1. The number of nitrogens with one attached hydrogen (secondary N) is 1. The molecule has 1 N–H and O–H groups in total. The van der Waals surface area contributed by atoms with Gasteiger partial charge in [0.1, 0.15) is 22.8 Å². The first-order chi connectivity index (χ1) is 13.3. The number of benzene rings is 1. The third-order valence-electron chi connectivity index (χ3n) is 4.67. The van der Waals surface area contributed by atoms with Crippen molar-refractivity contribution in [1.29, 1.82) is 0 Å². The summed E-state index contributed by atoms with van der Waals surface area (Å²) in [5.41, 5.74) is -0.572. The Labute approximate surface area is 159 Å². The lowest BCUT2D eigenvalue weighted by Crippen LogP contribution is -2.21. The van der Waals surface area contributed by atoms with Gasteiger partial charge in [-0.15, -0.1) is 0 Å². The van der Waals surface area contributed by atoms with Crippen molar-refractivity contribution in [3.05, 3.63) is 65.5 Å².